The van der Waals surface area contributed by atoms with Gasteiger partial charge in [0, 0.05) is 23.0 Å². The number of halogens is 1. The van der Waals surface area contributed by atoms with E-state index in [2.05, 4.69) is 45.6 Å². The third-order valence-corrected chi connectivity index (χ3v) is 5.47. The van der Waals surface area contributed by atoms with Gasteiger partial charge in [-0.25, -0.2) is 4.98 Å². The summed E-state index contributed by atoms with van der Waals surface area (Å²) in [5, 5.41) is 0. The van der Waals surface area contributed by atoms with Gasteiger partial charge >= 0.3 is 0 Å². The van der Waals surface area contributed by atoms with E-state index in [1.54, 1.807) is 0 Å². The normalized spacial score (nSPS) is 16.3. The van der Waals surface area contributed by atoms with Crippen LogP contribution >= 0.6 is 15.9 Å². The highest BCUT2D eigenvalue weighted by molar-refractivity contribution is 9.10. The molecule has 0 unspecified atom stereocenters. The first kappa shape index (κ1) is 14.6. The topological polar surface area (TPSA) is 43.8 Å². The van der Waals surface area contributed by atoms with Crippen molar-refractivity contribution >= 4 is 21.7 Å². The summed E-state index contributed by atoms with van der Waals surface area (Å²) in [6, 6.07) is 6.30. The Morgan fingerprint density at radius 2 is 1.95 bits per heavy atom. The van der Waals surface area contributed by atoms with Gasteiger partial charge in [0.2, 0.25) is 0 Å². The van der Waals surface area contributed by atoms with E-state index in [1.165, 1.54) is 37.7 Å². The van der Waals surface area contributed by atoms with E-state index in [0.29, 0.717) is 5.92 Å². The van der Waals surface area contributed by atoms with Crippen LogP contribution < -0.4 is 5.73 Å². The summed E-state index contributed by atoms with van der Waals surface area (Å²) < 4.78 is 3.20. The minimum atomic E-state index is 0.566. The predicted molar refractivity (Wildman–Crippen MR) is 91.3 cm³/mol. The molecule has 2 aromatic rings. The Morgan fingerprint density at radius 3 is 2.62 bits per heavy atom. The standard InChI is InChI=1S/C17H22BrN3/c1-11-10-13(8-9-14(11)18)15-16(19)21(2)17(20-15)12-6-4-3-5-7-12/h8-10,12H,3-7,19H2,1-2H3. The maximum absolute atomic E-state index is 6.32. The number of anilines is 1. The largest absolute Gasteiger partial charge is 0.383 e. The van der Waals surface area contributed by atoms with Crippen molar-refractivity contribution in [3.05, 3.63) is 34.1 Å². The van der Waals surface area contributed by atoms with Gasteiger partial charge in [0.05, 0.1) is 0 Å². The highest BCUT2D eigenvalue weighted by Crippen LogP contribution is 2.36. The van der Waals surface area contributed by atoms with Crippen LogP contribution in [-0.4, -0.2) is 9.55 Å². The fourth-order valence-corrected chi connectivity index (χ4v) is 3.51. The van der Waals surface area contributed by atoms with Crippen LogP contribution in [0.25, 0.3) is 11.3 Å². The average Bonchev–Trinajstić information content (AvgIpc) is 2.79. The second-order valence-electron chi connectivity index (χ2n) is 6.06. The molecule has 0 saturated heterocycles. The zero-order valence-corrected chi connectivity index (χ0v) is 14.3. The zero-order chi connectivity index (χ0) is 15.0. The number of rotatable bonds is 2. The van der Waals surface area contributed by atoms with E-state index in [4.69, 9.17) is 10.7 Å². The number of aryl methyl sites for hydroxylation is 1. The minimum Gasteiger partial charge on any atom is -0.383 e. The van der Waals surface area contributed by atoms with Gasteiger partial charge in [-0.1, -0.05) is 41.3 Å². The van der Waals surface area contributed by atoms with E-state index in [9.17, 15) is 0 Å². The lowest BCUT2D eigenvalue weighted by atomic mass is 9.89. The van der Waals surface area contributed by atoms with Gasteiger partial charge in [-0.2, -0.15) is 0 Å². The molecule has 1 aliphatic carbocycles. The van der Waals surface area contributed by atoms with Gasteiger partial charge in [-0.05, 0) is 37.5 Å². The fourth-order valence-electron chi connectivity index (χ4n) is 3.26. The van der Waals surface area contributed by atoms with Gasteiger partial charge in [0.1, 0.15) is 17.3 Å². The quantitative estimate of drug-likeness (QED) is 0.848. The van der Waals surface area contributed by atoms with Crippen molar-refractivity contribution in [2.45, 2.75) is 44.9 Å². The molecule has 3 nitrogen and oxygen atoms in total. The molecule has 1 fully saturated rings. The lowest BCUT2D eigenvalue weighted by Gasteiger charge is -2.21. The van der Waals surface area contributed by atoms with Gasteiger partial charge in [0.25, 0.3) is 0 Å². The van der Waals surface area contributed by atoms with Crippen LogP contribution in [0.2, 0.25) is 0 Å². The van der Waals surface area contributed by atoms with E-state index in [1.807, 2.05) is 7.05 Å². The molecule has 0 radical (unpaired) electrons. The Hall–Kier alpha value is -1.29. The SMILES string of the molecule is Cc1cc(-c2nc(C3CCCCC3)n(C)c2N)ccc1Br. The third kappa shape index (κ3) is 2.73. The zero-order valence-electron chi connectivity index (χ0n) is 12.7. The Balaban J connectivity index is 2.01. The van der Waals surface area contributed by atoms with Crippen molar-refractivity contribution in [3.63, 3.8) is 0 Å². The lowest BCUT2D eigenvalue weighted by molar-refractivity contribution is 0.422. The van der Waals surface area contributed by atoms with Crippen molar-refractivity contribution in [3.8, 4) is 11.3 Å². The number of benzene rings is 1. The Labute approximate surface area is 134 Å². The number of hydrogen-bond donors (Lipinski definition) is 1. The fraction of sp³-hybridized carbons (Fsp3) is 0.471. The van der Waals surface area contributed by atoms with Crippen molar-refractivity contribution < 1.29 is 0 Å². The summed E-state index contributed by atoms with van der Waals surface area (Å²) in [5.74, 6) is 2.50. The van der Waals surface area contributed by atoms with E-state index in [-0.39, 0.29) is 0 Å². The molecule has 0 spiro atoms. The molecule has 0 amide bonds. The van der Waals surface area contributed by atoms with Crippen molar-refractivity contribution in [1.29, 1.82) is 0 Å². The molecule has 0 aliphatic heterocycles. The molecule has 112 valence electrons. The third-order valence-electron chi connectivity index (χ3n) is 4.58. The average molecular weight is 348 g/mol. The lowest BCUT2D eigenvalue weighted by Crippen LogP contribution is -2.11. The summed E-state index contributed by atoms with van der Waals surface area (Å²) in [4.78, 5) is 4.90. The van der Waals surface area contributed by atoms with Gasteiger partial charge in [-0.15, -0.1) is 0 Å². The number of imidazole rings is 1. The Morgan fingerprint density at radius 1 is 1.24 bits per heavy atom. The summed E-state index contributed by atoms with van der Waals surface area (Å²) in [6.07, 6.45) is 6.45. The molecule has 1 aliphatic rings. The number of nitrogens with two attached hydrogens (primary N) is 1. The summed E-state index contributed by atoms with van der Waals surface area (Å²) in [5.41, 5.74) is 9.55. The highest BCUT2D eigenvalue weighted by Gasteiger charge is 2.23. The molecule has 21 heavy (non-hydrogen) atoms. The van der Waals surface area contributed by atoms with Crippen LogP contribution in [0.4, 0.5) is 5.82 Å². The van der Waals surface area contributed by atoms with Crippen molar-refractivity contribution in [2.24, 2.45) is 7.05 Å². The van der Waals surface area contributed by atoms with Crippen LogP contribution in [0.3, 0.4) is 0 Å². The van der Waals surface area contributed by atoms with E-state index < -0.39 is 0 Å². The number of nitrogens with zero attached hydrogens (tertiary/aromatic N) is 2. The molecule has 1 aromatic heterocycles. The van der Waals surface area contributed by atoms with Crippen molar-refractivity contribution in [2.75, 3.05) is 5.73 Å². The maximum Gasteiger partial charge on any atom is 0.131 e. The molecular formula is C17H22BrN3. The van der Waals surface area contributed by atoms with Gasteiger partial charge in [-0.3, -0.25) is 0 Å². The number of aromatic nitrogens is 2. The highest BCUT2D eigenvalue weighted by atomic mass is 79.9. The molecule has 0 bridgehead atoms. The molecular weight excluding hydrogens is 326 g/mol. The first-order valence-electron chi connectivity index (χ1n) is 7.66. The summed E-state index contributed by atoms with van der Waals surface area (Å²) in [7, 11) is 2.04. The minimum absolute atomic E-state index is 0.566. The number of nitrogen functional groups attached to an aromatic ring is 1. The molecule has 1 aromatic carbocycles. The first-order chi connectivity index (χ1) is 10.1. The Bertz CT molecular complexity index is 654. The smallest absolute Gasteiger partial charge is 0.131 e. The number of hydrogen-bond acceptors (Lipinski definition) is 2. The molecule has 1 heterocycles. The second kappa shape index (κ2) is 5.84. The van der Waals surface area contributed by atoms with Crippen LogP contribution in [0.5, 0.6) is 0 Å². The van der Waals surface area contributed by atoms with E-state index in [0.717, 1.165) is 27.4 Å². The predicted octanol–water partition coefficient (Wildman–Crippen LogP) is 4.79. The summed E-state index contributed by atoms with van der Waals surface area (Å²) in [6.45, 7) is 2.09. The van der Waals surface area contributed by atoms with Crippen LogP contribution in [0.15, 0.2) is 22.7 Å². The van der Waals surface area contributed by atoms with Crippen molar-refractivity contribution in [1.82, 2.24) is 9.55 Å². The molecule has 2 N–H and O–H groups in total. The van der Waals surface area contributed by atoms with Crippen LogP contribution in [0, 0.1) is 6.92 Å². The second-order valence-corrected chi connectivity index (χ2v) is 6.92. The van der Waals surface area contributed by atoms with Crippen LogP contribution in [0.1, 0.15) is 49.4 Å². The maximum atomic E-state index is 6.32. The van der Waals surface area contributed by atoms with E-state index >= 15 is 0 Å². The molecule has 3 rings (SSSR count). The van der Waals surface area contributed by atoms with Gasteiger partial charge in [0.15, 0.2) is 0 Å². The van der Waals surface area contributed by atoms with Crippen LogP contribution in [-0.2, 0) is 7.05 Å². The van der Waals surface area contributed by atoms with Gasteiger partial charge < -0.3 is 10.3 Å². The molecule has 0 atom stereocenters. The first-order valence-corrected chi connectivity index (χ1v) is 8.46. The molecule has 1 saturated carbocycles. The Kier molecular flexibility index (Phi) is 4.07. The summed E-state index contributed by atoms with van der Waals surface area (Å²) >= 11 is 3.55. The monoisotopic (exact) mass is 347 g/mol. The molecule has 4 heteroatoms.